The van der Waals surface area contributed by atoms with Crippen molar-refractivity contribution in [3.05, 3.63) is 44.1 Å². The van der Waals surface area contributed by atoms with Gasteiger partial charge in [-0.2, -0.15) is 0 Å². The van der Waals surface area contributed by atoms with E-state index < -0.39 is 28.2 Å². The summed E-state index contributed by atoms with van der Waals surface area (Å²) in [4.78, 5) is 33.9. The molecule has 1 N–H and O–H groups in total. The number of nitrogens with one attached hydrogen (secondary N) is 1. The molecule has 8 nitrogen and oxygen atoms in total. The van der Waals surface area contributed by atoms with Crippen LogP contribution < -0.4 is 5.32 Å². The number of nitro benzene ring substituents is 1. The molecule has 1 saturated heterocycles. The van der Waals surface area contributed by atoms with Gasteiger partial charge in [0.2, 0.25) is 0 Å². The van der Waals surface area contributed by atoms with Crippen LogP contribution in [0.4, 0.5) is 11.4 Å². The van der Waals surface area contributed by atoms with Gasteiger partial charge in [0.25, 0.3) is 11.5 Å². The molecule has 23 heavy (non-hydrogen) atoms. The van der Waals surface area contributed by atoms with Crippen molar-refractivity contribution < 1.29 is 24.0 Å². The highest BCUT2D eigenvalue weighted by molar-refractivity contribution is 6.42. The summed E-state index contributed by atoms with van der Waals surface area (Å²) in [5.74, 6) is -3.20. The van der Waals surface area contributed by atoms with Gasteiger partial charge in [0.1, 0.15) is 5.69 Å². The molecule has 10 heteroatoms. The quantitative estimate of drug-likeness (QED) is 0.290. The maximum absolute atomic E-state index is 11.8. The summed E-state index contributed by atoms with van der Waals surface area (Å²) in [5, 5.41) is 13.5. The fraction of sp³-hybridized carbons (Fsp3) is 0.231. The zero-order valence-corrected chi connectivity index (χ0v) is 13.4. The molecule has 0 atom stereocenters. The molecule has 1 aliphatic heterocycles. The monoisotopic (exact) mass is 360 g/mol. The summed E-state index contributed by atoms with van der Waals surface area (Å²) in [6.07, 6.45) is 0.951. The number of benzene rings is 1. The van der Waals surface area contributed by atoms with Crippen LogP contribution in [0.25, 0.3) is 0 Å². The minimum atomic E-state index is -1.37. The van der Waals surface area contributed by atoms with Crippen molar-refractivity contribution in [2.24, 2.45) is 0 Å². The van der Waals surface area contributed by atoms with E-state index >= 15 is 0 Å². The van der Waals surface area contributed by atoms with E-state index in [-0.39, 0.29) is 21.4 Å². The molecule has 0 bridgehead atoms. The largest absolute Gasteiger partial charge is 0.419 e. The Balaban J connectivity index is 2.33. The second-order valence-corrected chi connectivity index (χ2v) is 5.74. The zero-order chi connectivity index (χ0) is 17.4. The standard InChI is InChI=1S/C13H10Cl2N2O6/c1-13(2)22-11(18)6(12(19)23-13)5-16-9-3-7(14)8(15)4-10(9)17(20)21/h3-5,16H,1-2H3. The van der Waals surface area contributed by atoms with Gasteiger partial charge in [-0.05, 0) is 6.07 Å². The molecule has 0 aromatic heterocycles. The number of rotatable bonds is 3. The number of halogens is 2. The van der Waals surface area contributed by atoms with Crippen LogP contribution in [0, 0.1) is 10.1 Å². The first-order chi connectivity index (χ1) is 10.6. The van der Waals surface area contributed by atoms with Crippen LogP contribution in [-0.4, -0.2) is 22.6 Å². The summed E-state index contributed by atoms with van der Waals surface area (Å²) >= 11 is 11.5. The molecule has 0 unspecified atom stereocenters. The van der Waals surface area contributed by atoms with Crippen molar-refractivity contribution in [2.45, 2.75) is 19.6 Å². The highest BCUT2D eigenvalue weighted by atomic mass is 35.5. The fourth-order valence-corrected chi connectivity index (χ4v) is 2.05. The average molecular weight is 361 g/mol. The van der Waals surface area contributed by atoms with Crippen LogP contribution in [0.15, 0.2) is 23.9 Å². The topological polar surface area (TPSA) is 108 Å². The first-order valence-electron chi connectivity index (χ1n) is 6.17. The Morgan fingerprint density at radius 1 is 1.17 bits per heavy atom. The molecule has 1 aromatic carbocycles. The van der Waals surface area contributed by atoms with E-state index in [4.69, 9.17) is 32.7 Å². The second-order valence-electron chi connectivity index (χ2n) is 4.92. The third-order valence-electron chi connectivity index (χ3n) is 2.72. The Hall–Kier alpha value is -2.32. The van der Waals surface area contributed by atoms with E-state index in [1.807, 2.05) is 0 Å². The summed E-state index contributed by atoms with van der Waals surface area (Å²) in [6.45, 7) is 2.80. The summed E-state index contributed by atoms with van der Waals surface area (Å²) < 4.78 is 9.79. The fourth-order valence-electron chi connectivity index (χ4n) is 1.73. The Bertz CT molecular complexity index is 722. The van der Waals surface area contributed by atoms with Crippen LogP contribution in [0.1, 0.15) is 13.8 Å². The van der Waals surface area contributed by atoms with Crippen LogP contribution in [0.2, 0.25) is 10.0 Å². The van der Waals surface area contributed by atoms with Crippen LogP contribution in [-0.2, 0) is 19.1 Å². The first kappa shape index (κ1) is 17.0. The predicted molar refractivity (Wildman–Crippen MR) is 81.1 cm³/mol. The van der Waals surface area contributed by atoms with Gasteiger partial charge in [0, 0.05) is 26.1 Å². The van der Waals surface area contributed by atoms with E-state index in [2.05, 4.69) is 5.32 Å². The third kappa shape index (κ3) is 3.72. The number of carbonyl (C=O) groups is 2. The smallest absolute Gasteiger partial charge is 0.350 e. The van der Waals surface area contributed by atoms with Crippen molar-refractivity contribution in [1.82, 2.24) is 0 Å². The molecule has 122 valence electrons. The van der Waals surface area contributed by atoms with Gasteiger partial charge in [-0.25, -0.2) is 9.59 Å². The Morgan fingerprint density at radius 2 is 1.70 bits per heavy atom. The molecule has 0 aliphatic carbocycles. The second kappa shape index (κ2) is 6.05. The van der Waals surface area contributed by atoms with Gasteiger partial charge in [0.15, 0.2) is 5.57 Å². The lowest BCUT2D eigenvalue weighted by atomic mass is 10.2. The minimum absolute atomic E-state index is 0.00481. The summed E-state index contributed by atoms with van der Waals surface area (Å²) in [5.41, 5.74) is -0.874. The van der Waals surface area contributed by atoms with Gasteiger partial charge >= 0.3 is 11.9 Å². The molecule has 0 radical (unpaired) electrons. The lowest BCUT2D eigenvalue weighted by Gasteiger charge is -2.29. The lowest BCUT2D eigenvalue weighted by Crippen LogP contribution is -2.42. The Morgan fingerprint density at radius 3 is 2.22 bits per heavy atom. The lowest BCUT2D eigenvalue weighted by molar-refractivity contribution is -0.383. The molecule has 2 rings (SSSR count). The van der Waals surface area contributed by atoms with Crippen LogP contribution in [0.3, 0.4) is 0 Å². The number of nitro groups is 1. The maximum atomic E-state index is 11.8. The first-order valence-corrected chi connectivity index (χ1v) is 6.93. The van der Waals surface area contributed by atoms with E-state index in [0.29, 0.717) is 0 Å². The van der Waals surface area contributed by atoms with Gasteiger partial charge in [-0.15, -0.1) is 0 Å². The van der Waals surface area contributed by atoms with Crippen molar-refractivity contribution in [1.29, 1.82) is 0 Å². The number of esters is 2. The number of hydrogen-bond donors (Lipinski definition) is 1. The molecular weight excluding hydrogens is 351 g/mol. The van der Waals surface area contributed by atoms with E-state index in [1.54, 1.807) is 0 Å². The minimum Gasteiger partial charge on any atom is -0.419 e. The Kier molecular flexibility index (Phi) is 4.49. The molecule has 0 saturated carbocycles. The molecule has 1 aromatic rings. The summed E-state index contributed by atoms with van der Waals surface area (Å²) in [6, 6.07) is 2.24. The number of cyclic esters (lactones) is 2. The number of hydrogen-bond acceptors (Lipinski definition) is 7. The molecular formula is C13H10Cl2N2O6. The number of carbonyl (C=O) groups excluding carboxylic acids is 2. The summed E-state index contributed by atoms with van der Waals surface area (Å²) in [7, 11) is 0. The van der Waals surface area contributed by atoms with Crippen molar-refractivity contribution in [3.63, 3.8) is 0 Å². The highest BCUT2D eigenvalue weighted by Crippen LogP contribution is 2.34. The van der Waals surface area contributed by atoms with Gasteiger partial charge < -0.3 is 14.8 Å². The molecule has 1 fully saturated rings. The predicted octanol–water partition coefficient (Wildman–Crippen LogP) is 3.03. The normalized spacial score (nSPS) is 16.4. The number of nitrogens with zero attached hydrogens (tertiary/aromatic N) is 1. The number of ether oxygens (including phenoxy) is 2. The van der Waals surface area contributed by atoms with Crippen LogP contribution >= 0.6 is 23.2 Å². The zero-order valence-electron chi connectivity index (χ0n) is 11.9. The van der Waals surface area contributed by atoms with E-state index in [9.17, 15) is 19.7 Å². The third-order valence-corrected chi connectivity index (χ3v) is 3.45. The van der Waals surface area contributed by atoms with Gasteiger partial charge in [0.05, 0.1) is 15.0 Å². The molecule has 0 amide bonds. The SMILES string of the molecule is CC1(C)OC(=O)C(=CNc2cc(Cl)c(Cl)cc2[N+](=O)[O-])C(=O)O1. The average Bonchev–Trinajstić information content (AvgIpc) is 2.39. The van der Waals surface area contributed by atoms with E-state index in [0.717, 1.165) is 12.3 Å². The molecule has 1 aliphatic rings. The highest BCUT2D eigenvalue weighted by Gasteiger charge is 2.39. The van der Waals surface area contributed by atoms with Gasteiger partial charge in [-0.1, -0.05) is 23.2 Å². The Labute approximate surface area is 140 Å². The number of anilines is 1. The van der Waals surface area contributed by atoms with E-state index in [1.165, 1.54) is 19.9 Å². The maximum Gasteiger partial charge on any atom is 0.350 e. The van der Waals surface area contributed by atoms with Gasteiger partial charge in [-0.3, -0.25) is 10.1 Å². The van der Waals surface area contributed by atoms with Crippen LogP contribution in [0.5, 0.6) is 0 Å². The van der Waals surface area contributed by atoms with Crippen molar-refractivity contribution in [2.75, 3.05) is 5.32 Å². The van der Waals surface area contributed by atoms with Crippen molar-refractivity contribution in [3.8, 4) is 0 Å². The van der Waals surface area contributed by atoms with Crippen molar-refractivity contribution >= 4 is 46.5 Å². The molecule has 1 heterocycles. The molecule has 0 spiro atoms.